The van der Waals surface area contributed by atoms with Crippen LogP contribution in [0.25, 0.3) is 11.3 Å². The third-order valence-electron chi connectivity index (χ3n) is 5.12. The molecule has 144 valence electrons. The highest BCUT2D eigenvalue weighted by Gasteiger charge is 2.31. The zero-order valence-electron chi connectivity index (χ0n) is 16.4. The average molecular weight is 377 g/mol. The average Bonchev–Trinajstić information content (AvgIpc) is 2.68. The van der Waals surface area contributed by atoms with Crippen molar-refractivity contribution in [2.75, 3.05) is 19.5 Å². The van der Waals surface area contributed by atoms with Crippen LogP contribution in [-0.2, 0) is 11.8 Å². The van der Waals surface area contributed by atoms with Crippen LogP contribution in [0.1, 0.15) is 25.0 Å². The molecule has 0 spiro atoms. The van der Waals surface area contributed by atoms with Crippen molar-refractivity contribution in [1.29, 1.82) is 0 Å². The van der Waals surface area contributed by atoms with Crippen molar-refractivity contribution in [1.82, 2.24) is 9.97 Å². The summed E-state index contributed by atoms with van der Waals surface area (Å²) < 4.78 is 10.5. The van der Waals surface area contributed by atoms with E-state index in [-0.39, 0.29) is 16.9 Å². The fraction of sp³-hybridized carbons (Fsp3) is 0.273. The standard InChI is InChI=1S/C22H23N3O3/c1-22(2)11-13-12-23-21(25-19(13)15-7-5-6-8-16(15)22)24-14-9-17(26)20(28-4)18(10-14)27-3/h5-10,12,26H,11H2,1-4H3,(H,23,24,25). The molecule has 6 nitrogen and oxygen atoms in total. The summed E-state index contributed by atoms with van der Waals surface area (Å²) in [6.07, 6.45) is 2.76. The molecule has 0 bridgehead atoms. The van der Waals surface area contributed by atoms with Crippen LogP contribution in [0.2, 0.25) is 0 Å². The molecule has 0 saturated heterocycles. The van der Waals surface area contributed by atoms with Crippen LogP contribution < -0.4 is 14.8 Å². The van der Waals surface area contributed by atoms with E-state index in [1.165, 1.54) is 19.8 Å². The summed E-state index contributed by atoms with van der Waals surface area (Å²) >= 11 is 0. The lowest BCUT2D eigenvalue weighted by molar-refractivity contribution is 0.333. The number of phenols is 1. The van der Waals surface area contributed by atoms with E-state index in [0.29, 0.717) is 17.4 Å². The number of hydrogen-bond acceptors (Lipinski definition) is 6. The lowest BCUT2D eigenvalue weighted by Gasteiger charge is -2.33. The van der Waals surface area contributed by atoms with Crippen molar-refractivity contribution in [3.63, 3.8) is 0 Å². The molecule has 4 rings (SSSR count). The highest BCUT2D eigenvalue weighted by Crippen LogP contribution is 2.43. The molecule has 0 fully saturated rings. The first-order chi connectivity index (χ1) is 13.4. The second-order valence-corrected chi connectivity index (χ2v) is 7.53. The first-order valence-electron chi connectivity index (χ1n) is 9.11. The minimum Gasteiger partial charge on any atom is -0.504 e. The summed E-state index contributed by atoms with van der Waals surface area (Å²) in [5.41, 5.74) is 5.14. The Morgan fingerprint density at radius 1 is 1.11 bits per heavy atom. The van der Waals surface area contributed by atoms with Crippen LogP contribution >= 0.6 is 0 Å². The first kappa shape index (κ1) is 18.1. The Labute approximate surface area is 164 Å². The van der Waals surface area contributed by atoms with Crippen LogP contribution in [0.3, 0.4) is 0 Å². The van der Waals surface area contributed by atoms with E-state index >= 15 is 0 Å². The van der Waals surface area contributed by atoms with Gasteiger partial charge in [-0.15, -0.1) is 0 Å². The third-order valence-corrected chi connectivity index (χ3v) is 5.12. The fourth-order valence-corrected chi connectivity index (χ4v) is 3.83. The van der Waals surface area contributed by atoms with Gasteiger partial charge in [-0.3, -0.25) is 0 Å². The van der Waals surface area contributed by atoms with Gasteiger partial charge in [0.25, 0.3) is 0 Å². The second-order valence-electron chi connectivity index (χ2n) is 7.53. The van der Waals surface area contributed by atoms with Gasteiger partial charge in [-0.25, -0.2) is 9.97 Å². The van der Waals surface area contributed by atoms with E-state index < -0.39 is 0 Å². The number of ether oxygens (including phenoxy) is 2. The van der Waals surface area contributed by atoms with Gasteiger partial charge in [-0.05, 0) is 23.0 Å². The topological polar surface area (TPSA) is 76.5 Å². The molecule has 0 amide bonds. The highest BCUT2D eigenvalue weighted by molar-refractivity contribution is 5.73. The largest absolute Gasteiger partial charge is 0.504 e. The quantitative estimate of drug-likeness (QED) is 0.700. The lowest BCUT2D eigenvalue weighted by Crippen LogP contribution is -2.26. The lowest BCUT2D eigenvalue weighted by atomic mass is 9.72. The van der Waals surface area contributed by atoms with Gasteiger partial charge in [0.2, 0.25) is 11.7 Å². The maximum absolute atomic E-state index is 10.2. The molecule has 2 N–H and O–H groups in total. The minimum atomic E-state index is -0.0191. The van der Waals surface area contributed by atoms with Crippen molar-refractivity contribution in [2.24, 2.45) is 0 Å². The van der Waals surface area contributed by atoms with E-state index in [4.69, 9.17) is 14.5 Å². The number of aromatic hydroxyl groups is 1. The Morgan fingerprint density at radius 3 is 2.64 bits per heavy atom. The van der Waals surface area contributed by atoms with E-state index in [1.54, 1.807) is 12.1 Å². The zero-order valence-corrected chi connectivity index (χ0v) is 16.4. The number of rotatable bonds is 4. The maximum Gasteiger partial charge on any atom is 0.227 e. The van der Waals surface area contributed by atoms with Gasteiger partial charge < -0.3 is 19.9 Å². The number of nitrogens with one attached hydrogen (secondary N) is 1. The predicted molar refractivity (Wildman–Crippen MR) is 109 cm³/mol. The molecule has 3 aromatic rings. The maximum atomic E-state index is 10.2. The van der Waals surface area contributed by atoms with Crippen LogP contribution in [0.4, 0.5) is 11.6 Å². The summed E-state index contributed by atoms with van der Waals surface area (Å²) in [5.74, 6) is 1.15. The van der Waals surface area contributed by atoms with Gasteiger partial charge in [0.15, 0.2) is 11.5 Å². The van der Waals surface area contributed by atoms with Crippen LogP contribution in [-0.4, -0.2) is 29.3 Å². The number of phenolic OH excluding ortho intramolecular Hbond substituents is 1. The summed E-state index contributed by atoms with van der Waals surface area (Å²) in [4.78, 5) is 9.24. The molecule has 0 atom stereocenters. The summed E-state index contributed by atoms with van der Waals surface area (Å²) in [6, 6.07) is 11.7. The van der Waals surface area contributed by atoms with Crippen molar-refractivity contribution >= 4 is 11.6 Å². The van der Waals surface area contributed by atoms with Gasteiger partial charge in [-0.1, -0.05) is 38.1 Å². The number of fused-ring (bicyclic) bond motifs is 3. The number of methoxy groups -OCH3 is 2. The minimum absolute atomic E-state index is 0.0191. The van der Waals surface area contributed by atoms with Crippen LogP contribution in [0.15, 0.2) is 42.6 Å². The van der Waals surface area contributed by atoms with E-state index in [2.05, 4.69) is 42.3 Å². The number of benzene rings is 2. The molecule has 1 aromatic heterocycles. The van der Waals surface area contributed by atoms with Crippen molar-refractivity contribution in [2.45, 2.75) is 25.7 Å². The van der Waals surface area contributed by atoms with E-state index in [1.807, 2.05) is 12.3 Å². The van der Waals surface area contributed by atoms with Gasteiger partial charge in [0.05, 0.1) is 19.9 Å². The zero-order chi connectivity index (χ0) is 19.9. The SMILES string of the molecule is COc1cc(Nc2ncc3c(n2)-c2ccccc2C(C)(C)C3)cc(O)c1OC. The normalized spacial score (nSPS) is 14.0. The number of nitrogens with zero attached hydrogens (tertiary/aromatic N) is 2. The van der Waals surface area contributed by atoms with E-state index in [9.17, 15) is 5.11 Å². The van der Waals surface area contributed by atoms with Gasteiger partial charge >= 0.3 is 0 Å². The molecule has 1 aliphatic rings. The highest BCUT2D eigenvalue weighted by atomic mass is 16.5. The molecule has 0 aliphatic heterocycles. The number of aromatic nitrogens is 2. The van der Waals surface area contributed by atoms with Gasteiger partial charge in [-0.2, -0.15) is 0 Å². The first-order valence-corrected chi connectivity index (χ1v) is 9.11. The molecular weight excluding hydrogens is 354 g/mol. The van der Waals surface area contributed by atoms with Gasteiger partial charge in [0, 0.05) is 29.6 Å². The Hall–Kier alpha value is -3.28. The monoisotopic (exact) mass is 377 g/mol. The second kappa shape index (κ2) is 6.71. The smallest absolute Gasteiger partial charge is 0.227 e. The molecule has 6 heteroatoms. The number of anilines is 2. The van der Waals surface area contributed by atoms with E-state index in [0.717, 1.165) is 23.2 Å². The fourth-order valence-electron chi connectivity index (χ4n) is 3.83. The van der Waals surface area contributed by atoms with Crippen LogP contribution in [0.5, 0.6) is 17.2 Å². The Balaban J connectivity index is 1.73. The molecule has 0 radical (unpaired) electrons. The summed E-state index contributed by atoms with van der Waals surface area (Å²) in [7, 11) is 3.01. The predicted octanol–water partition coefficient (Wildman–Crippen LogP) is 4.44. The Bertz CT molecular complexity index is 1050. The van der Waals surface area contributed by atoms with Crippen LogP contribution in [0, 0.1) is 0 Å². The summed E-state index contributed by atoms with van der Waals surface area (Å²) in [5, 5.41) is 13.3. The molecule has 1 heterocycles. The number of hydrogen-bond donors (Lipinski definition) is 2. The van der Waals surface area contributed by atoms with Crippen molar-refractivity contribution in [3.8, 4) is 28.5 Å². The van der Waals surface area contributed by atoms with Crippen molar-refractivity contribution < 1.29 is 14.6 Å². The third kappa shape index (κ3) is 3.01. The Morgan fingerprint density at radius 2 is 1.89 bits per heavy atom. The molecule has 0 unspecified atom stereocenters. The summed E-state index contributed by atoms with van der Waals surface area (Å²) in [6.45, 7) is 4.49. The van der Waals surface area contributed by atoms with Gasteiger partial charge in [0.1, 0.15) is 0 Å². The molecule has 28 heavy (non-hydrogen) atoms. The van der Waals surface area contributed by atoms with Crippen molar-refractivity contribution in [3.05, 3.63) is 53.7 Å². The molecule has 1 aliphatic carbocycles. The Kier molecular flexibility index (Phi) is 4.34. The molecule has 0 saturated carbocycles. The molecule has 2 aromatic carbocycles. The molecular formula is C22H23N3O3.